The minimum atomic E-state index is -3.80. The Balaban J connectivity index is -0.00000611. The molecule has 3 rings (SSSR count). The second-order valence-electron chi connectivity index (χ2n) is 16.5. The van der Waals surface area contributed by atoms with E-state index < -0.39 is 69.1 Å². The van der Waals surface area contributed by atoms with Crippen molar-refractivity contribution in [3.8, 4) is 5.75 Å². The number of rotatable bonds is 19. The monoisotopic (exact) mass is 858 g/mol. The van der Waals surface area contributed by atoms with E-state index in [0.717, 1.165) is 16.5 Å². The van der Waals surface area contributed by atoms with Crippen LogP contribution in [0, 0.1) is 5.92 Å². The molecule has 336 valence electrons. The first-order chi connectivity index (χ1) is 28.1. The molecule has 0 fully saturated rings. The Morgan fingerprint density at radius 2 is 1.33 bits per heavy atom. The van der Waals surface area contributed by atoms with Crippen LogP contribution in [0.1, 0.15) is 85.6 Å². The fourth-order valence-corrected chi connectivity index (χ4v) is 6.65. The number of ether oxygens (including phenoxy) is 3. The van der Waals surface area contributed by atoms with Crippen LogP contribution in [0.2, 0.25) is 0 Å². The Kier molecular flexibility index (Phi) is 20.2. The number of sulfone groups is 1. The number of benzene rings is 3. The van der Waals surface area contributed by atoms with Crippen molar-refractivity contribution in [2.75, 3.05) is 6.54 Å². The maximum atomic E-state index is 13.9. The Morgan fingerprint density at radius 1 is 0.750 bits per heavy atom. The molecule has 0 unspecified atom stereocenters. The quantitative estimate of drug-likeness (QED) is 0.0924. The maximum Gasteiger partial charge on any atom is 0.408 e. The fourth-order valence-electron chi connectivity index (χ4n) is 5.56. The van der Waals surface area contributed by atoms with Gasteiger partial charge in [0.25, 0.3) is 0 Å². The summed E-state index contributed by atoms with van der Waals surface area (Å²) in [5.74, 6) is -1.30. The summed E-state index contributed by atoms with van der Waals surface area (Å²) in [6, 6.07) is 20.9. The zero-order valence-corrected chi connectivity index (χ0v) is 37.0. The molecule has 3 amide bonds. The Morgan fingerprint density at radius 3 is 1.88 bits per heavy atom. The van der Waals surface area contributed by atoms with E-state index in [1.807, 2.05) is 70.0 Å². The lowest BCUT2D eigenvalue weighted by Gasteiger charge is -2.27. The predicted octanol–water partition coefficient (Wildman–Crippen LogP) is 6.82. The molecule has 0 aliphatic heterocycles. The highest BCUT2D eigenvalue weighted by Crippen LogP contribution is 2.20. The third-order valence-electron chi connectivity index (χ3n) is 8.30. The summed E-state index contributed by atoms with van der Waals surface area (Å²) >= 11 is 0. The third-order valence-corrected chi connectivity index (χ3v) is 9.74. The Hall–Kier alpha value is -5.54. The normalized spacial score (nSPS) is 13.8. The molecule has 0 aliphatic rings. The van der Waals surface area contributed by atoms with Crippen molar-refractivity contribution in [2.45, 2.75) is 122 Å². The molecule has 0 saturated heterocycles. The van der Waals surface area contributed by atoms with E-state index in [4.69, 9.17) is 19.0 Å². The van der Waals surface area contributed by atoms with Crippen LogP contribution in [-0.2, 0) is 51.5 Å². The molecule has 0 spiro atoms. The highest BCUT2D eigenvalue weighted by molar-refractivity contribution is 7.94. The van der Waals surface area contributed by atoms with Crippen LogP contribution in [0.5, 0.6) is 5.75 Å². The fraction of sp³-hybridized carbons (Fsp3) is 0.444. The van der Waals surface area contributed by atoms with Crippen LogP contribution in [0.15, 0.2) is 101 Å². The molecule has 4 N–H and O–H groups in total. The van der Waals surface area contributed by atoms with Gasteiger partial charge in [-0.05, 0) is 89.8 Å². The number of alkyl carbamates (subject to hydrolysis) is 1. The van der Waals surface area contributed by atoms with Gasteiger partial charge in [-0.15, -0.1) is 0 Å². The molecule has 0 radical (unpaired) electrons. The largest absolute Gasteiger partial charge is 0.488 e. The van der Waals surface area contributed by atoms with Crippen LogP contribution in [0.3, 0.4) is 0 Å². The van der Waals surface area contributed by atoms with Crippen LogP contribution >= 0.6 is 0 Å². The van der Waals surface area contributed by atoms with E-state index in [-0.39, 0.29) is 42.5 Å². The van der Waals surface area contributed by atoms with Crippen molar-refractivity contribution in [3.05, 3.63) is 108 Å². The smallest absolute Gasteiger partial charge is 0.408 e. The van der Waals surface area contributed by atoms with Crippen molar-refractivity contribution in [1.29, 1.82) is 0 Å². The molecule has 60 heavy (non-hydrogen) atoms. The van der Waals surface area contributed by atoms with Gasteiger partial charge in [-0.3, -0.25) is 14.4 Å². The standard InChI is InChI=1S/C44H60N4O9S.CH2O.4H2/c1-30(2)39(41(51)46-31(3)28-45-34(27-38(49)57-44(7,8)9)24-25-58(53,54)36-18-14-11-15-19-36)48-40(50)37(47-42(52)55-29-33-16-12-10-13-17-33)26-32-20-22-35(23-21-32)56-43(4,5)6;1-2;;;;/h10-25,30-31,34,37,39,45H,26-29H2,1-9H3,(H,46,51)(H,47,52)(H,48,50);1H2;4*1H/b25-24+;;;;;/t31-,34+,37-,39-;;;;;/m0...../s1. The third kappa shape index (κ3) is 19.5. The van der Waals surface area contributed by atoms with Crippen LogP contribution in [-0.4, -0.2) is 81.0 Å². The predicted molar refractivity (Wildman–Crippen MR) is 239 cm³/mol. The molecule has 3 aromatic rings. The molecule has 14 nitrogen and oxygen atoms in total. The van der Waals surface area contributed by atoms with Crippen molar-refractivity contribution >= 4 is 40.5 Å². The van der Waals surface area contributed by atoms with Crippen molar-refractivity contribution in [2.24, 2.45) is 5.92 Å². The molecule has 0 aliphatic carbocycles. The number of hydrogen-bond donors (Lipinski definition) is 4. The topological polar surface area (TPSA) is 195 Å². The van der Waals surface area contributed by atoms with Crippen molar-refractivity contribution in [1.82, 2.24) is 21.3 Å². The highest BCUT2D eigenvalue weighted by Gasteiger charge is 2.30. The van der Waals surface area contributed by atoms with Gasteiger partial charge < -0.3 is 40.3 Å². The molecule has 0 saturated carbocycles. The highest BCUT2D eigenvalue weighted by atomic mass is 32.2. The summed E-state index contributed by atoms with van der Waals surface area (Å²) in [5, 5.41) is 12.6. The van der Waals surface area contributed by atoms with E-state index >= 15 is 0 Å². The van der Waals surface area contributed by atoms with Crippen LogP contribution in [0.25, 0.3) is 0 Å². The number of carbonyl (C=O) groups is 5. The minimum absolute atomic E-state index is 0. The van der Waals surface area contributed by atoms with Gasteiger partial charge in [0.05, 0.1) is 11.3 Å². The SMILES string of the molecule is C=O.CC(C)[C@H](NC(=O)[C@H](Cc1ccc(OC(C)(C)C)cc1)NC(=O)OCc1ccccc1)C(=O)N[C@@H](C)CN[C@H](/C=C/S(=O)(=O)c1ccccc1)CC(=O)OC(C)(C)C.[HH].[HH].[HH].[HH]. The second kappa shape index (κ2) is 23.9. The number of amides is 3. The zero-order valence-electron chi connectivity index (χ0n) is 36.2. The summed E-state index contributed by atoms with van der Waals surface area (Å²) in [5.41, 5.74) is 0.361. The van der Waals surface area contributed by atoms with E-state index in [9.17, 15) is 27.6 Å². The van der Waals surface area contributed by atoms with Gasteiger partial charge >= 0.3 is 12.1 Å². The summed E-state index contributed by atoms with van der Waals surface area (Å²) in [6.07, 6.45) is 0.522. The van der Waals surface area contributed by atoms with Crippen molar-refractivity contribution < 1.29 is 52.3 Å². The van der Waals surface area contributed by atoms with Crippen molar-refractivity contribution in [3.63, 3.8) is 0 Å². The molecule has 0 bridgehead atoms. The van der Waals surface area contributed by atoms with Gasteiger partial charge in [-0.2, -0.15) is 0 Å². The first-order valence-electron chi connectivity index (χ1n) is 19.7. The summed E-state index contributed by atoms with van der Waals surface area (Å²) in [6.45, 7) is 18.5. The minimum Gasteiger partial charge on any atom is -0.488 e. The molecular weight excluding hydrogens is 789 g/mol. The van der Waals surface area contributed by atoms with Gasteiger partial charge in [0, 0.05) is 36.2 Å². The number of nitrogens with one attached hydrogen (secondary N) is 4. The van der Waals surface area contributed by atoms with E-state index in [2.05, 4.69) is 21.3 Å². The van der Waals surface area contributed by atoms with E-state index in [1.54, 1.807) is 71.9 Å². The first kappa shape index (κ1) is 50.6. The lowest BCUT2D eigenvalue weighted by molar-refractivity contribution is -0.155. The lowest BCUT2D eigenvalue weighted by Crippen LogP contribution is -2.57. The van der Waals surface area contributed by atoms with Gasteiger partial charge in [0.15, 0.2) is 9.84 Å². The molecular formula is C45H70N4O10S. The number of carbonyl (C=O) groups excluding carboxylic acids is 5. The molecule has 3 aromatic carbocycles. The van der Waals surface area contributed by atoms with Gasteiger partial charge in [-0.25, -0.2) is 13.2 Å². The summed E-state index contributed by atoms with van der Waals surface area (Å²) < 4.78 is 42.8. The summed E-state index contributed by atoms with van der Waals surface area (Å²) in [4.78, 5) is 61.4. The second-order valence-corrected chi connectivity index (χ2v) is 18.3. The van der Waals surface area contributed by atoms with Gasteiger partial charge in [-0.1, -0.05) is 80.6 Å². The molecule has 4 atom stereocenters. The molecule has 0 heterocycles. The maximum absolute atomic E-state index is 13.9. The van der Waals surface area contributed by atoms with Crippen LogP contribution in [0.4, 0.5) is 4.79 Å². The number of hydrogen-bond acceptors (Lipinski definition) is 11. The average Bonchev–Trinajstić information content (AvgIpc) is 3.17. The first-order valence-corrected chi connectivity index (χ1v) is 21.2. The Labute approximate surface area is 361 Å². The van der Waals surface area contributed by atoms with E-state index in [1.165, 1.54) is 18.2 Å². The summed E-state index contributed by atoms with van der Waals surface area (Å²) in [7, 11) is -3.80. The zero-order chi connectivity index (χ0) is 45.1. The lowest BCUT2D eigenvalue weighted by atomic mass is 10.0. The van der Waals surface area contributed by atoms with Gasteiger partial charge in [0.2, 0.25) is 11.8 Å². The average molecular weight is 859 g/mol. The van der Waals surface area contributed by atoms with Crippen LogP contribution < -0.4 is 26.0 Å². The van der Waals surface area contributed by atoms with Gasteiger partial charge in [0.1, 0.15) is 42.4 Å². The molecule has 15 heteroatoms. The van der Waals surface area contributed by atoms with E-state index in [0.29, 0.717) is 5.75 Å². The molecule has 0 aromatic heterocycles. The number of esters is 1. The Bertz CT molecular complexity index is 1960.